The second kappa shape index (κ2) is 6.64. The molecule has 1 heterocycles. The van der Waals surface area contributed by atoms with Crippen molar-refractivity contribution in [1.29, 1.82) is 0 Å². The minimum absolute atomic E-state index is 0.0712. The molecule has 1 aliphatic rings. The van der Waals surface area contributed by atoms with E-state index in [0.717, 1.165) is 12.8 Å². The summed E-state index contributed by atoms with van der Waals surface area (Å²) in [7, 11) is 0. The van der Waals surface area contributed by atoms with Crippen molar-refractivity contribution < 1.29 is 19.4 Å². The number of aliphatic hydroxyl groups excluding tert-OH is 1. The van der Waals surface area contributed by atoms with E-state index in [9.17, 15) is 9.90 Å². The van der Waals surface area contributed by atoms with Crippen molar-refractivity contribution in [2.24, 2.45) is 0 Å². The monoisotopic (exact) mass is 258 g/mol. The number of aliphatic hydroxyl groups is 1. The summed E-state index contributed by atoms with van der Waals surface area (Å²) in [5.41, 5.74) is 0. The van der Waals surface area contributed by atoms with Crippen LogP contribution >= 0.6 is 0 Å². The predicted molar refractivity (Wildman–Crippen MR) is 69.3 cm³/mol. The summed E-state index contributed by atoms with van der Waals surface area (Å²) < 4.78 is 11.5. The van der Waals surface area contributed by atoms with Gasteiger partial charge in [-0.15, -0.1) is 0 Å². The van der Waals surface area contributed by atoms with E-state index in [1.807, 2.05) is 20.8 Å². The molecule has 0 amide bonds. The normalized spacial score (nSPS) is 28.9. The van der Waals surface area contributed by atoms with Crippen molar-refractivity contribution in [1.82, 2.24) is 0 Å². The van der Waals surface area contributed by atoms with Crippen LogP contribution in [0.4, 0.5) is 0 Å². The largest absolute Gasteiger partial charge is 0.393 e. The highest BCUT2D eigenvalue weighted by Gasteiger charge is 2.35. The fourth-order valence-corrected chi connectivity index (χ4v) is 2.34. The van der Waals surface area contributed by atoms with E-state index >= 15 is 0 Å². The topological polar surface area (TPSA) is 55.8 Å². The minimum Gasteiger partial charge on any atom is -0.393 e. The molecule has 3 atom stereocenters. The minimum atomic E-state index is -0.618. The molecule has 0 unspecified atom stereocenters. The lowest BCUT2D eigenvalue weighted by molar-refractivity contribution is -0.299. The third kappa shape index (κ3) is 5.04. The van der Waals surface area contributed by atoms with E-state index < -0.39 is 11.9 Å². The van der Waals surface area contributed by atoms with Crippen molar-refractivity contribution in [3.8, 4) is 0 Å². The Morgan fingerprint density at radius 1 is 1.33 bits per heavy atom. The number of hydrogen-bond acceptors (Lipinski definition) is 4. The molecule has 0 aliphatic carbocycles. The van der Waals surface area contributed by atoms with Crippen LogP contribution in [0.15, 0.2) is 0 Å². The molecule has 1 N–H and O–H groups in total. The molecule has 1 saturated heterocycles. The molecule has 18 heavy (non-hydrogen) atoms. The van der Waals surface area contributed by atoms with Crippen LogP contribution in [-0.4, -0.2) is 35.0 Å². The quantitative estimate of drug-likeness (QED) is 0.795. The summed E-state index contributed by atoms with van der Waals surface area (Å²) >= 11 is 0. The van der Waals surface area contributed by atoms with Crippen molar-refractivity contribution >= 4 is 5.78 Å². The number of ether oxygens (including phenoxy) is 2. The lowest BCUT2D eigenvalue weighted by atomic mass is 9.99. The Hall–Kier alpha value is -0.450. The molecule has 4 heteroatoms. The zero-order valence-electron chi connectivity index (χ0n) is 11.9. The third-order valence-electron chi connectivity index (χ3n) is 3.27. The molecule has 4 nitrogen and oxygen atoms in total. The molecule has 0 radical (unpaired) electrons. The number of carbonyl (C=O) groups excluding carboxylic acids is 1. The van der Waals surface area contributed by atoms with Gasteiger partial charge in [0, 0.05) is 19.3 Å². The molecule has 1 rings (SSSR count). The van der Waals surface area contributed by atoms with Gasteiger partial charge in [-0.2, -0.15) is 0 Å². The highest BCUT2D eigenvalue weighted by Crippen LogP contribution is 2.29. The van der Waals surface area contributed by atoms with Crippen LogP contribution in [0.3, 0.4) is 0 Å². The Kier molecular flexibility index (Phi) is 5.76. The molecule has 0 bridgehead atoms. The maximum absolute atomic E-state index is 11.8. The number of rotatable bonds is 6. The summed E-state index contributed by atoms with van der Waals surface area (Å²) in [6.45, 7) is 7.71. The standard InChI is InChI=1S/C14H26O4/c1-5-10(15)7-11(16)8-13-9-12(6-2)17-14(3,4)18-13/h10,12-13,15H,5-9H2,1-4H3/t10-,12-,13+/m1/s1. The van der Waals surface area contributed by atoms with Crippen molar-refractivity contribution in [2.45, 2.75) is 83.9 Å². The van der Waals surface area contributed by atoms with Crippen LogP contribution in [-0.2, 0) is 14.3 Å². The Morgan fingerprint density at radius 2 is 1.94 bits per heavy atom. The zero-order valence-corrected chi connectivity index (χ0v) is 11.9. The first-order valence-electron chi connectivity index (χ1n) is 6.91. The second-order valence-corrected chi connectivity index (χ2v) is 5.53. The summed E-state index contributed by atoms with van der Waals surface area (Å²) in [5, 5.41) is 9.47. The van der Waals surface area contributed by atoms with Crippen LogP contribution in [0.5, 0.6) is 0 Å². The molecular formula is C14H26O4. The van der Waals surface area contributed by atoms with Crippen LogP contribution in [0.2, 0.25) is 0 Å². The van der Waals surface area contributed by atoms with Gasteiger partial charge in [0.15, 0.2) is 5.79 Å². The van der Waals surface area contributed by atoms with Gasteiger partial charge in [0.1, 0.15) is 5.78 Å². The van der Waals surface area contributed by atoms with Gasteiger partial charge in [0.25, 0.3) is 0 Å². The molecule has 106 valence electrons. The molecule has 1 aliphatic heterocycles. The van der Waals surface area contributed by atoms with Crippen LogP contribution in [0, 0.1) is 0 Å². The van der Waals surface area contributed by atoms with Crippen LogP contribution < -0.4 is 0 Å². The van der Waals surface area contributed by atoms with Gasteiger partial charge in [-0.25, -0.2) is 0 Å². The van der Waals surface area contributed by atoms with Crippen LogP contribution in [0.25, 0.3) is 0 Å². The number of hydrogen-bond donors (Lipinski definition) is 1. The van der Waals surface area contributed by atoms with E-state index in [0.29, 0.717) is 12.8 Å². The van der Waals surface area contributed by atoms with Gasteiger partial charge in [-0.3, -0.25) is 4.79 Å². The van der Waals surface area contributed by atoms with E-state index in [-0.39, 0.29) is 24.4 Å². The average molecular weight is 258 g/mol. The zero-order chi connectivity index (χ0) is 13.8. The molecule has 0 saturated carbocycles. The molecular weight excluding hydrogens is 232 g/mol. The van der Waals surface area contributed by atoms with Crippen LogP contribution in [0.1, 0.15) is 59.8 Å². The molecule has 0 aromatic rings. The smallest absolute Gasteiger partial charge is 0.163 e. The van der Waals surface area contributed by atoms with E-state index in [4.69, 9.17) is 9.47 Å². The van der Waals surface area contributed by atoms with Gasteiger partial charge in [0.05, 0.1) is 18.3 Å². The molecule has 0 spiro atoms. The van der Waals surface area contributed by atoms with E-state index in [1.165, 1.54) is 0 Å². The van der Waals surface area contributed by atoms with Gasteiger partial charge in [-0.1, -0.05) is 13.8 Å². The fourth-order valence-electron chi connectivity index (χ4n) is 2.34. The second-order valence-electron chi connectivity index (χ2n) is 5.53. The summed E-state index contributed by atoms with van der Waals surface area (Å²) in [6.07, 6.45) is 2.45. The molecule has 0 aromatic carbocycles. The average Bonchev–Trinajstić information content (AvgIpc) is 2.26. The number of carbonyl (C=O) groups is 1. The fraction of sp³-hybridized carbons (Fsp3) is 0.929. The Labute approximate surface area is 110 Å². The van der Waals surface area contributed by atoms with Gasteiger partial charge < -0.3 is 14.6 Å². The predicted octanol–water partition coefficient (Wildman–Crippen LogP) is 2.43. The van der Waals surface area contributed by atoms with Gasteiger partial charge in [-0.05, 0) is 26.7 Å². The summed E-state index contributed by atoms with van der Waals surface area (Å²) in [6, 6.07) is 0. The Balaban J connectivity index is 2.48. The summed E-state index contributed by atoms with van der Waals surface area (Å²) in [5.74, 6) is -0.547. The first-order valence-corrected chi connectivity index (χ1v) is 6.91. The van der Waals surface area contributed by atoms with Crippen molar-refractivity contribution in [3.05, 3.63) is 0 Å². The maximum atomic E-state index is 11.8. The maximum Gasteiger partial charge on any atom is 0.163 e. The number of Topliss-reactive ketones (excluding diaryl/α,β-unsaturated/α-hetero) is 1. The molecule has 0 aromatic heterocycles. The van der Waals surface area contributed by atoms with E-state index in [2.05, 4.69) is 6.92 Å². The molecule has 1 fully saturated rings. The first-order chi connectivity index (χ1) is 8.36. The Morgan fingerprint density at radius 3 is 2.50 bits per heavy atom. The van der Waals surface area contributed by atoms with Gasteiger partial charge in [0.2, 0.25) is 0 Å². The highest BCUT2D eigenvalue weighted by molar-refractivity contribution is 5.79. The lowest BCUT2D eigenvalue weighted by Crippen LogP contribution is -2.45. The summed E-state index contributed by atoms with van der Waals surface area (Å²) in [4.78, 5) is 11.8. The third-order valence-corrected chi connectivity index (χ3v) is 3.27. The Bertz CT molecular complexity index is 275. The SMILES string of the molecule is CC[C@@H](O)CC(=O)C[C@H]1C[C@@H](CC)OC(C)(C)O1. The highest BCUT2D eigenvalue weighted by atomic mass is 16.7. The number of ketones is 1. The van der Waals surface area contributed by atoms with Crippen molar-refractivity contribution in [3.63, 3.8) is 0 Å². The van der Waals surface area contributed by atoms with E-state index in [1.54, 1.807) is 0 Å². The first kappa shape index (κ1) is 15.6. The van der Waals surface area contributed by atoms with Gasteiger partial charge >= 0.3 is 0 Å². The lowest BCUT2D eigenvalue weighted by Gasteiger charge is -2.40. The van der Waals surface area contributed by atoms with Crippen molar-refractivity contribution in [2.75, 3.05) is 0 Å².